The van der Waals surface area contributed by atoms with Crippen LogP contribution in [-0.4, -0.2) is 77.7 Å². The number of nitrogens with zero attached hydrogens (tertiary/aromatic N) is 5. The number of ether oxygens (including phenoxy) is 2. The second-order valence-electron chi connectivity index (χ2n) is 16.1. The number of hydrogen-bond donors (Lipinski definition) is 6. The Bertz CT molecular complexity index is 2940. The molecule has 13 nitrogen and oxygen atoms in total. The quantitative estimate of drug-likeness (QED) is 0.122. The maximum absolute atomic E-state index is 10.7. The van der Waals surface area contributed by atoms with Gasteiger partial charge in [0.2, 0.25) is 6.29 Å². The standard InChI is InChI=1S/C50H45N7O6/c1-55-22-16-30(17-23-55)44-36-10-8-34(51-36)43(29-4-6-33(7-5-29)62-50-49(61)48(60)47(59)42(28-58)63-50)35-9-11-37(52-35)45(31-18-24-56(2)25-19-31)39-13-15-41(54-39)46(40-14-12-38(44)53-40)32-20-26-57(3)27-21-32/h4-27,42,47-50,58-61H,28H2,1-3H3,(H,51,52,53,54)/q+2/p+1/t42-,47-,48+,49-,50-/m1/s1. The fourth-order valence-electron chi connectivity index (χ4n) is 8.42. The van der Waals surface area contributed by atoms with E-state index in [4.69, 9.17) is 19.4 Å². The number of pyridine rings is 3. The Balaban J connectivity index is 1.23. The molecule has 6 N–H and O–H groups in total. The van der Waals surface area contributed by atoms with Crippen molar-refractivity contribution in [2.45, 2.75) is 30.7 Å². The number of aromatic amines is 2. The van der Waals surface area contributed by atoms with E-state index in [0.29, 0.717) is 5.75 Å². The number of aliphatic hydroxyl groups is 4. The molecule has 0 radical (unpaired) electrons. The SMILES string of the molecule is C[n+]1ccc(-c2c3nc(c(-c4cc[n+](C)cc4)c4ccc([nH]4)c(-c4ccc(O[C@@H]5O[C@H](CO)[C@@H](O)[C@H](O)[C@H]5O)cc4)c4ccc([nH]4)c(-c4cc[n+](C)cc4)c4nc2C=C4)C=C3)cc1. The molecule has 0 unspecified atom stereocenters. The molecule has 1 saturated heterocycles. The first-order valence-corrected chi connectivity index (χ1v) is 20.7. The van der Waals surface area contributed by atoms with Crippen LogP contribution in [0.2, 0.25) is 0 Å². The summed E-state index contributed by atoms with van der Waals surface area (Å²) in [5.41, 5.74) is 14.1. The van der Waals surface area contributed by atoms with E-state index in [2.05, 4.69) is 94.9 Å². The van der Waals surface area contributed by atoms with Gasteiger partial charge in [-0.2, -0.15) is 0 Å². The van der Waals surface area contributed by atoms with Gasteiger partial charge in [0.25, 0.3) is 0 Å². The monoisotopic (exact) mass is 840 g/mol. The van der Waals surface area contributed by atoms with E-state index in [1.54, 1.807) is 12.1 Å². The Morgan fingerprint density at radius 1 is 0.492 bits per heavy atom. The van der Waals surface area contributed by atoms with Gasteiger partial charge in [0, 0.05) is 80.7 Å². The lowest BCUT2D eigenvalue weighted by Gasteiger charge is -2.39. The van der Waals surface area contributed by atoms with Crippen LogP contribution in [-0.2, 0) is 25.9 Å². The molecule has 0 aliphatic carbocycles. The highest BCUT2D eigenvalue weighted by Gasteiger charge is 2.44. The number of benzene rings is 1. The van der Waals surface area contributed by atoms with Crippen molar-refractivity contribution in [3.05, 3.63) is 145 Å². The predicted molar refractivity (Wildman–Crippen MR) is 239 cm³/mol. The fraction of sp³-hybridized carbons (Fsp3) is 0.180. The molecule has 1 aromatic carbocycles. The third kappa shape index (κ3) is 7.51. The smallest absolute Gasteiger partial charge is 0.229 e. The van der Waals surface area contributed by atoms with Gasteiger partial charge in [-0.15, -0.1) is 0 Å². The second-order valence-corrected chi connectivity index (χ2v) is 16.1. The van der Waals surface area contributed by atoms with E-state index >= 15 is 0 Å². The van der Waals surface area contributed by atoms with Crippen LogP contribution in [0.15, 0.2) is 122 Å². The van der Waals surface area contributed by atoms with Gasteiger partial charge < -0.3 is 39.9 Å². The summed E-state index contributed by atoms with van der Waals surface area (Å²) in [7, 11) is 5.99. The number of hydrogen-bond acceptors (Lipinski definition) is 8. The first-order chi connectivity index (χ1) is 30.6. The normalized spacial score (nSPS) is 19.4. The van der Waals surface area contributed by atoms with Crippen LogP contribution < -0.4 is 18.4 Å². The van der Waals surface area contributed by atoms with Gasteiger partial charge in [0.15, 0.2) is 37.2 Å². The van der Waals surface area contributed by atoms with E-state index in [0.717, 1.165) is 89.4 Å². The zero-order valence-electron chi connectivity index (χ0n) is 34.8. The molecule has 1 fully saturated rings. The number of aliphatic hydroxyl groups excluding tert-OH is 4. The van der Waals surface area contributed by atoms with Gasteiger partial charge in [0.05, 0.1) is 29.4 Å². The van der Waals surface area contributed by atoms with Gasteiger partial charge in [-0.25, -0.2) is 23.7 Å². The van der Waals surface area contributed by atoms with E-state index in [-0.39, 0.29) is 0 Å². The summed E-state index contributed by atoms with van der Waals surface area (Å²) in [5.74, 6) is 0.355. The first-order valence-electron chi connectivity index (χ1n) is 20.7. The minimum absolute atomic E-state index is 0.355. The summed E-state index contributed by atoms with van der Waals surface area (Å²) in [4.78, 5) is 18.3. The molecule has 7 aromatic rings. The van der Waals surface area contributed by atoms with Gasteiger partial charge in [-0.05, 0) is 83.0 Å². The number of aromatic nitrogens is 7. The number of nitrogens with one attached hydrogen (secondary N) is 2. The van der Waals surface area contributed by atoms with Crippen molar-refractivity contribution in [2.75, 3.05) is 6.61 Å². The number of rotatable bonds is 7. The van der Waals surface area contributed by atoms with Crippen molar-refractivity contribution in [1.82, 2.24) is 19.9 Å². The minimum Gasteiger partial charge on any atom is -0.462 e. The summed E-state index contributed by atoms with van der Waals surface area (Å²) in [6.45, 7) is -0.555. The molecule has 13 heteroatoms. The number of aryl methyl sites for hydroxylation is 3. The Kier molecular flexibility index (Phi) is 10.3. The Labute approximate surface area is 362 Å². The van der Waals surface area contributed by atoms with Crippen molar-refractivity contribution in [2.24, 2.45) is 21.1 Å². The van der Waals surface area contributed by atoms with Crippen LogP contribution >= 0.6 is 0 Å². The zero-order chi connectivity index (χ0) is 43.4. The molecule has 5 atom stereocenters. The molecular weight excluding hydrogens is 795 g/mol. The van der Waals surface area contributed by atoms with Crippen LogP contribution in [0.4, 0.5) is 0 Å². The molecule has 10 rings (SSSR count). The molecule has 9 heterocycles. The molecule has 3 aliphatic rings. The highest BCUT2D eigenvalue weighted by Crippen LogP contribution is 2.38. The molecule has 0 saturated carbocycles. The Hall–Kier alpha value is -7.13. The largest absolute Gasteiger partial charge is 0.462 e. The summed E-state index contributed by atoms with van der Waals surface area (Å²) < 4.78 is 17.6. The van der Waals surface area contributed by atoms with Crippen molar-refractivity contribution in [3.63, 3.8) is 0 Å². The van der Waals surface area contributed by atoms with Crippen LogP contribution in [0.3, 0.4) is 0 Å². The fourth-order valence-corrected chi connectivity index (χ4v) is 8.42. The number of fused-ring (bicyclic) bond motifs is 8. The maximum atomic E-state index is 10.7. The van der Waals surface area contributed by atoms with Gasteiger partial charge in [-0.1, -0.05) is 12.1 Å². The highest BCUT2D eigenvalue weighted by molar-refractivity contribution is 6.00. The molecule has 63 heavy (non-hydrogen) atoms. The summed E-state index contributed by atoms with van der Waals surface area (Å²) in [6.07, 6.45) is 13.5. The number of H-pyrrole nitrogens is 2. The van der Waals surface area contributed by atoms with E-state index < -0.39 is 37.3 Å². The molecule has 8 bridgehead atoms. The van der Waals surface area contributed by atoms with Crippen LogP contribution in [0.1, 0.15) is 22.8 Å². The predicted octanol–water partition coefficient (Wildman–Crippen LogP) is 4.98. The molecule has 6 aromatic heterocycles. The van der Waals surface area contributed by atoms with Crippen LogP contribution in [0.5, 0.6) is 5.75 Å². The van der Waals surface area contributed by atoms with E-state index in [9.17, 15) is 20.4 Å². The lowest BCUT2D eigenvalue weighted by molar-refractivity contribution is -0.671. The van der Waals surface area contributed by atoms with Gasteiger partial charge >= 0.3 is 0 Å². The third-order valence-electron chi connectivity index (χ3n) is 11.8. The average molecular weight is 841 g/mol. The molecule has 0 spiro atoms. The highest BCUT2D eigenvalue weighted by atomic mass is 16.7. The van der Waals surface area contributed by atoms with Crippen molar-refractivity contribution in [1.29, 1.82) is 0 Å². The first kappa shape index (κ1) is 40.0. The molecule has 3 aliphatic heterocycles. The third-order valence-corrected chi connectivity index (χ3v) is 11.8. The Morgan fingerprint density at radius 2 is 0.873 bits per heavy atom. The van der Waals surface area contributed by atoms with E-state index in [1.165, 1.54) is 0 Å². The second kappa shape index (κ2) is 16.3. The zero-order valence-corrected chi connectivity index (χ0v) is 34.8. The summed E-state index contributed by atoms with van der Waals surface area (Å²) >= 11 is 0. The lowest BCUT2D eigenvalue weighted by atomic mass is 9.99. The average Bonchev–Trinajstić information content (AvgIpc) is 4.15. The minimum atomic E-state index is -1.56. The topological polar surface area (TPSA) is 168 Å². The van der Waals surface area contributed by atoms with Crippen molar-refractivity contribution in [3.8, 4) is 50.3 Å². The van der Waals surface area contributed by atoms with Gasteiger partial charge in [0.1, 0.15) is 51.3 Å². The Morgan fingerprint density at radius 3 is 1.30 bits per heavy atom. The molecular formula is C50H46N7O6+3. The van der Waals surface area contributed by atoms with Crippen molar-refractivity contribution < 1.29 is 43.6 Å². The van der Waals surface area contributed by atoms with Crippen LogP contribution in [0, 0.1) is 0 Å². The molecule has 314 valence electrons. The van der Waals surface area contributed by atoms with Crippen molar-refractivity contribution >= 4 is 46.4 Å². The summed E-state index contributed by atoms with van der Waals surface area (Å²) in [6, 6.07) is 28.2. The van der Waals surface area contributed by atoms with Crippen LogP contribution in [0.25, 0.3) is 90.9 Å². The summed E-state index contributed by atoms with van der Waals surface area (Å²) in [5, 5.41) is 41.0. The molecule has 0 amide bonds. The van der Waals surface area contributed by atoms with Gasteiger partial charge in [-0.3, -0.25) is 0 Å². The maximum Gasteiger partial charge on any atom is 0.229 e. The van der Waals surface area contributed by atoms with E-state index in [1.807, 2.05) is 84.2 Å². The lowest BCUT2D eigenvalue weighted by Crippen LogP contribution is -2.60.